The molecule has 5 N–H and O–H groups in total. The van der Waals surface area contributed by atoms with Gasteiger partial charge in [0.1, 0.15) is 24.1 Å². The molecule has 1 amide bonds. The molecule has 1 aliphatic carbocycles. The minimum absolute atomic E-state index is 0.0479. The Labute approximate surface area is 179 Å². The topological polar surface area (TPSA) is 164 Å². The van der Waals surface area contributed by atoms with Gasteiger partial charge < -0.3 is 20.7 Å². The Hall–Kier alpha value is -3.26. The lowest BCUT2D eigenvalue weighted by Crippen LogP contribution is -2.34. The van der Waals surface area contributed by atoms with Gasteiger partial charge in [-0.05, 0) is 38.8 Å². The number of aliphatic hydroxyl groups excluding tert-OH is 1. The highest BCUT2D eigenvalue weighted by Crippen LogP contribution is 2.30. The van der Waals surface area contributed by atoms with Crippen LogP contribution in [0.4, 0.5) is 5.82 Å². The van der Waals surface area contributed by atoms with Crippen LogP contribution in [-0.4, -0.2) is 50.5 Å². The Balaban J connectivity index is 1.94. The zero-order valence-electron chi connectivity index (χ0n) is 17.3. The van der Waals surface area contributed by atoms with Crippen molar-refractivity contribution in [2.75, 3.05) is 12.3 Å². The molecule has 10 nitrogen and oxygen atoms in total. The van der Waals surface area contributed by atoms with Crippen molar-refractivity contribution in [1.82, 2.24) is 15.4 Å². The van der Waals surface area contributed by atoms with Crippen molar-refractivity contribution in [1.29, 1.82) is 5.26 Å². The standard InChI is InChI=1S/C21H25N5O5/c1-21(2,29)11-30-26-19(28)16-17(23)24-18(13-5-3-4-12(8-13)10-22)25-20(16)31-15-7-6-14(27)9-15/h3-5,8,14-15,27,29H,6-7,9,11H2,1-2H3,(H,26,28)(H2,23,24,25). The fraction of sp³-hybridized carbons (Fsp3) is 0.429. The summed E-state index contributed by atoms with van der Waals surface area (Å²) in [6, 6.07) is 8.69. The van der Waals surface area contributed by atoms with Crippen LogP contribution >= 0.6 is 0 Å². The van der Waals surface area contributed by atoms with Gasteiger partial charge in [0.25, 0.3) is 5.91 Å². The highest BCUT2D eigenvalue weighted by molar-refractivity contribution is 6.00. The van der Waals surface area contributed by atoms with E-state index >= 15 is 0 Å². The average molecular weight is 427 g/mol. The summed E-state index contributed by atoms with van der Waals surface area (Å²) < 4.78 is 5.92. The van der Waals surface area contributed by atoms with E-state index in [1.165, 1.54) is 13.8 Å². The van der Waals surface area contributed by atoms with Crippen molar-refractivity contribution >= 4 is 11.7 Å². The van der Waals surface area contributed by atoms with E-state index in [-0.39, 0.29) is 35.8 Å². The molecule has 0 spiro atoms. The first kappa shape index (κ1) is 22.4. The summed E-state index contributed by atoms with van der Waals surface area (Å²) in [5.41, 5.74) is 7.99. The van der Waals surface area contributed by atoms with Crippen LogP contribution in [-0.2, 0) is 4.84 Å². The van der Waals surface area contributed by atoms with Crippen LogP contribution in [0.3, 0.4) is 0 Å². The molecule has 1 aromatic carbocycles. The normalized spacial score (nSPS) is 18.4. The summed E-state index contributed by atoms with van der Waals surface area (Å²) in [4.78, 5) is 26.4. The third-order valence-corrected chi connectivity index (χ3v) is 4.61. The molecule has 1 saturated carbocycles. The van der Waals surface area contributed by atoms with Gasteiger partial charge in [0.15, 0.2) is 5.82 Å². The van der Waals surface area contributed by atoms with E-state index < -0.39 is 17.6 Å². The number of anilines is 1. The lowest BCUT2D eigenvalue weighted by atomic mass is 10.1. The molecule has 2 aromatic rings. The van der Waals surface area contributed by atoms with Gasteiger partial charge in [-0.3, -0.25) is 9.63 Å². The van der Waals surface area contributed by atoms with E-state index in [0.29, 0.717) is 30.4 Å². The third-order valence-electron chi connectivity index (χ3n) is 4.61. The smallest absolute Gasteiger partial charge is 0.284 e. The monoisotopic (exact) mass is 427 g/mol. The van der Waals surface area contributed by atoms with Crippen molar-refractivity contribution in [3.8, 4) is 23.3 Å². The van der Waals surface area contributed by atoms with E-state index in [1.807, 2.05) is 6.07 Å². The highest BCUT2D eigenvalue weighted by atomic mass is 16.7. The van der Waals surface area contributed by atoms with E-state index in [1.54, 1.807) is 24.3 Å². The zero-order chi connectivity index (χ0) is 22.6. The molecule has 1 aliphatic rings. The molecule has 0 aliphatic heterocycles. The van der Waals surface area contributed by atoms with Crippen LogP contribution in [0.5, 0.6) is 5.88 Å². The number of nitrogens with two attached hydrogens (primary N) is 1. The van der Waals surface area contributed by atoms with E-state index in [2.05, 4.69) is 15.4 Å². The fourth-order valence-electron chi connectivity index (χ4n) is 3.12. The first-order valence-electron chi connectivity index (χ1n) is 9.83. The van der Waals surface area contributed by atoms with Crippen molar-refractivity contribution in [3.05, 3.63) is 35.4 Å². The summed E-state index contributed by atoms with van der Waals surface area (Å²) in [5, 5.41) is 28.7. The van der Waals surface area contributed by atoms with Crippen molar-refractivity contribution in [2.24, 2.45) is 0 Å². The van der Waals surface area contributed by atoms with Gasteiger partial charge in [-0.1, -0.05) is 12.1 Å². The summed E-state index contributed by atoms with van der Waals surface area (Å²) in [7, 11) is 0. The number of rotatable bonds is 7. The van der Waals surface area contributed by atoms with E-state index in [4.69, 9.17) is 20.6 Å². The number of aliphatic hydroxyl groups is 2. The number of carbonyl (C=O) groups excluding carboxylic acids is 1. The van der Waals surface area contributed by atoms with Gasteiger partial charge in [-0.25, -0.2) is 10.5 Å². The van der Waals surface area contributed by atoms with Gasteiger partial charge in [-0.15, -0.1) is 0 Å². The minimum atomic E-state index is -1.15. The second-order valence-corrected chi connectivity index (χ2v) is 8.04. The second-order valence-electron chi connectivity index (χ2n) is 8.04. The van der Waals surface area contributed by atoms with Gasteiger partial charge in [0, 0.05) is 12.0 Å². The van der Waals surface area contributed by atoms with Crippen LogP contribution in [0.25, 0.3) is 11.4 Å². The number of benzene rings is 1. The van der Waals surface area contributed by atoms with E-state index in [9.17, 15) is 15.0 Å². The number of nitrogens with one attached hydrogen (secondary N) is 1. The maximum Gasteiger partial charge on any atom is 0.284 e. The number of nitriles is 1. The Morgan fingerprint density at radius 1 is 1.39 bits per heavy atom. The molecule has 0 saturated heterocycles. The molecule has 1 fully saturated rings. The molecule has 3 rings (SSSR count). The maximum atomic E-state index is 12.7. The predicted molar refractivity (Wildman–Crippen MR) is 111 cm³/mol. The SMILES string of the molecule is CC(C)(O)CONC(=O)c1c(N)nc(-c2cccc(C#N)c2)nc1OC1CCC(O)C1. The predicted octanol–water partition coefficient (Wildman–Crippen LogP) is 1.32. The van der Waals surface area contributed by atoms with E-state index in [0.717, 1.165) is 0 Å². The number of nitrogens with zero attached hydrogens (tertiary/aromatic N) is 3. The number of nitrogen functional groups attached to an aromatic ring is 1. The van der Waals surface area contributed by atoms with Crippen LogP contribution in [0.2, 0.25) is 0 Å². The number of ether oxygens (including phenoxy) is 1. The largest absolute Gasteiger partial charge is 0.474 e. The van der Waals surface area contributed by atoms with Gasteiger partial charge in [0.05, 0.1) is 23.3 Å². The van der Waals surface area contributed by atoms with Crippen molar-refractivity contribution in [2.45, 2.75) is 50.9 Å². The Bertz CT molecular complexity index is 999. The van der Waals surface area contributed by atoms with Crippen molar-refractivity contribution < 1.29 is 24.6 Å². The number of amides is 1. The van der Waals surface area contributed by atoms with Gasteiger partial charge in [0.2, 0.25) is 5.88 Å². The molecule has 1 aromatic heterocycles. The fourth-order valence-corrected chi connectivity index (χ4v) is 3.12. The highest BCUT2D eigenvalue weighted by Gasteiger charge is 2.29. The number of hydrogen-bond acceptors (Lipinski definition) is 9. The molecular formula is C21H25N5O5. The molecule has 0 radical (unpaired) electrons. The summed E-state index contributed by atoms with van der Waals surface area (Å²) in [5.74, 6) is -0.719. The number of hydroxylamine groups is 1. The molecule has 0 bridgehead atoms. The van der Waals surface area contributed by atoms with Crippen molar-refractivity contribution in [3.63, 3.8) is 0 Å². The lowest BCUT2D eigenvalue weighted by molar-refractivity contribution is -0.0523. The first-order valence-corrected chi connectivity index (χ1v) is 9.83. The van der Waals surface area contributed by atoms with Crippen LogP contribution in [0.1, 0.15) is 49.0 Å². The molecule has 31 heavy (non-hydrogen) atoms. The third kappa shape index (κ3) is 5.88. The minimum Gasteiger partial charge on any atom is -0.474 e. The van der Waals surface area contributed by atoms with Gasteiger partial charge in [-0.2, -0.15) is 10.2 Å². The zero-order valence-corrected chi connectivity index (χ0v) is 17.3. The molecule has 2 unspecified atom stereocenters. The Kier molecular flexibility index (Phi) is 6.70. The summed E-state index contributed by atoms with van der Waals surface area (Å²) >= 11 is 0. The molecule has 1 heterocycles. The maximum absolute atomic E-state index is 12.7. The number of hydrogen-bond donors (Lipinski definition) is 4. The Morgan fingerprint density at radius 3 is 2.81 bits per heavy atom. The average Bonchev–Trinajstić information content (AvgIpc) is 3.11. The summed E-state index contributed by atoms with van der Waals surface area (Å²) in [6.07, 6.45) is 0.758. The number of aromatic nitrogens is 2. The van der Waals surface area contributed by atoms with Gasteiger partial charge >= 0.3 is 0 Å². The Morgan fingerprint density at radius 2 is 2.16 bits per heavy atom. The quantitative estimate of drug-likeness (QED) is 0.477. The molecule has 2 atom stereocenters. The number of carbonyl (C=O) groups is 1. The first-order chi connectivity index (χ1) is 14.7. The van der Waals surface area contributed by atoms with Crippen LogP contribution in [0, 0.1) is 11.3 Å². The summed E-state index contributed by atoms with van der Waals surface area (Å²) in [6.45, 7) is 2.91. The lowest BCUT2D eigenvalue weighted by Gasteiger charge is -2.19. The molecule has 10 heteroatoms. The second kappa shape index (κ2) is 9.26. The molecule has 164 valence electrons. The van der Waals surface area contributed by atoms with Crippen LogP contribution < -0.4 is 16.0 Å². The van der Waals surface area contributed by atoms with Crippen LogP contribution in [0.15, 0.2) is 24.3 Å². The molecular weight excluding hydrogens is 402 g/mol.